The smallest absolute Gasteiger partial charge is 0.328 e. The average Bonchev–Trinajstić information content (AvgIpc) is 2.41. The number of nitrogens with zero attached hydrogens (tertiary/aromatic N) is 2. The predicted molar refractivity (Wildman–Crippen MR) is 83.7 cm³/mol. The predicted octanol–water partition coefficient (Wildman–Crippen LogP) is -0.369. The van der Waals surface area contributed by atoms with Crippen molar-refractivity contribution in [1.82, 2.24) is 19.8 Å². The van der Waals surface area contributed by atoms with Gasteiger partial charge in [0.15, 0.2) is 0 Å². The number of piperidine rings is 1. The zero-order valence-corrected chi connectivity index (χ0v) is 13.2. The van der Waals surface area contributed by atoms with Gasteiger partial charge in [-0.3, -0.25) is 19.1 Å². The number of hydrogen-bond acceptors (Lipinski definition) is 4. The van der Waals surface area contributed by atoms with Crippen molar-refractivity contribution in [2.75, 3.05) is 26.2 Å². The zero-order chi connectivity index (χ0) is 16.1. The van der Waals surface area contributed by atoms with Crippen molar-refractivity contribution >= 4 is 5.91 Å². The number of nitrogens with one attached hydrogen (secondary N) is 2. The van der Waals surface area contributed by atoms with Crippen molar-refractivity contribution in [3.8, 4) is 0 Å². The molecular weight excluding hydrogens is 284 g/mol. The average molecular weight is 308 g/mol. The molecule has 22 heavy (non-hydrogen) atoms. The lowest BCUT2D eigenvalue weighted by Gasteiger charge is -2.34. The van der Waals surface area contributed by atoms with Crippen molar-refractivity contribution in [3.05, 3.63) is 33.1 Å². The van der Waals surface area contributed by atoms with Crippen molar-refractivity contribution < 1.29 is 4.79 Å². The minimum absolute atomic E-state index is 0.0809. The minimum atomic E-state index is -0.568. The Kier molecular flexibility index (Phi) is 5.54. The van der Waals surface area contributed by atoms with E-state index in [0.29, 0.717) is 18.4 Å². The summed E-state index contributed by atoms with van der Waals surface area (Å²) < 4.78 is 1.18. The molecule has 1 aromatic rings. The Morgan fingerprint density at radius 1 is 1.32 bits per heavy atom. The molecule has 7 heteroatoms. The fourth-order valence-electron chi connectivity index (χ4n) is 3.11. The molecule has 2 N–H and O–H groups in total. The molecule has 7 nitrogen and oxygen atoms in total. The molecular formula is C15H24N4O3. The van der Waals surface area contributed by atoms with Gasteiger partial charge in [-0.1, -0.05) is 13.8 Å². The second-order valence-corrected chi connectivity index (χ2v) is 6.29. The molecule has 0 radical (unpaired) electrons. The highest BCUT2D eigenvalue weighted by atomic mass is 16.2. The molecule has 2 heterocycles. The molecule has 1 fully saturated rings. The van der Waals surface area contributed by atoms with Gasteiger partial charge in [0.2, 0.25) is 5.91 Å². The third-order valence-electron chi connectivity index (χ3n) is 3.91. The molecule has 0 aliphatic carbocycles. The van der Waals surface area contributed by atoms with E-state index in [1.807, 2.05) is 0 Å². The maximum Gasteiger partial charge on any atom is 0.328 e. The number of rotatable bonds is 5. The number of carbonyl (C=O) groups is 1. The van der Waals surface area contributed by atoms with Crippen molar-refractivity contribution in [2.45, 2.75) is 26.8 Å². The zero-order valence-electron chi connectivity index (χ0n) is 13.2. The van der Waals surface area contributed by atoms with Gasteiger partial charge in [-0.25, -0.2) is 4.79 Å². The van der Waals surface area contributed by atoms with Gasteiger partial charge in [-0.2, -0.15) is 0 Å². The van der Waals surface area contributed by atoms with Crippen LogP contribution in [0.15, 0.2) is 21.9 Å². The number of hydrogen-bond donors (Lipinski definition) is 2. The summed E-state index contributed by atoms with van der Waals surface area (Å²) in [6.07, 6.45) is 2.59. The van der Waals surface area contributed by atoms with Gasteiger partial charge in [0, 0.05) is 38.4 Å². The molecule has 2 rings (SSSR count). The van der Waals surface area contributed by atoms with Gasteiger partial charge in [0.05, 0.1) is 0 Å². The van der Waals surface area contributed by atoms with Gasteiger partial charge < -0.3 is 10.2 Å². The third-order valence-corrected chi connectivity index (χ3v) is 3.91. The van der Waals surface area contributed by atoms with Gasteiger partial charge in [-0.05, 0) is 18.3 Å². The summed E-state index contributed by atoms with van der Waals surface area (Å²) in [7, 11) is 0. The molecule has 0 bridgehead atoms. The Labute approximate surface area is 129 Å². The molecule has 0 aromatic carbocycles. The summed E-state index contributed by atoms with van der Waals surface area (Å²) >= 11 is 0. The number of aromatic nitrogens is 2. The first-order valence-corrected chi connectivity index (χ1v) is 7.73. The van der Waals surface area contributed by atoms with Gasteiger partial charge in [0.25, 0.3) is 5.56 Å². The number of likely N-dealkylation sites (tertiary alicyclic amines) is 1. The van der Waals surface area contributed by atoms with Crippen LogP contribution in [-0.2, 0) is 11.3 Å². The van der Waals surface area contributed by atoms with Gasteiger partial charge >= 0.3 is 5.69 Å². The van der Waals surface area contributed by atoms with E-state index in [1.54, 1.807) is 0 Å². The topological polar surface area (TPSA) is 87.2 Å². The minimum Gasteiger partial charge on any atom is -0.353 e. The summed E-state index contributed by atoms with van der Waals surface area (Å²) in [4.78, 5) is 38.8. The third kappa shape index (κ3) is 4.84. The summed E-state index contributed by atoms with van der Waals surface area (Å²) in [5.41, 5.74) is -1.03. The number of amides is 1. The van der Waals surface area contributed by atoms with Crippen LogP contribution in [0.4, 0.5) is 0 Å². The monoisotopic (exact) mass is 308 g/mol. The van der Waals surface area contributed by atoms with E-state index in [-0.39, 0.29) is 12.5 Å². The Morgan fingerprint density at radius 3 is 2.64 bits per heavy atom. The number of aromatic amines is 1. The first kappa shape index (κ1) is 16.5. The van der Waals surface area contributed by atoms with Crippen LogP contribution in [0.2, 0.25) is 0 Å². The van der Waals surface area contributed by atoms with Crippen LogP contribution in [0.3, 0.4) is 0 Å². The molecule has 1 aromatic heterocycles. The van der Waals surface area contributed by atoms with E-state index in [0.717, 1.165) is 19.6 Å². The van der Waals surface area contributed by atoms with Crippen LogP contribution < -0.4 is 16.6 Å². The highest BCUT2D eigenvalue weighted by Gasteiger charge is 2.21. The van der Waals surface area contributed by atoms with Crippen LogP contribution in [0.25, 0.3) is 0 Å². The Bertz CT molecular complexity index is 612. The molecule has 1 aliphatic heterocycles. The maximum atomic E-state index is 11.8. The first-order chi connectivity index (χ1) is 10.4. The molecule has 1 aliphatic rings. The Balaban J connectivity index is 1.76. The van der Waals surface area contributed by atoms with Gasteiger partial charge in [-0.15, -0.1) is 0 Å². The normalized spacial score (nSPS) is 22.5. The van der Waals surface area contributed by atoms with E-state index in [1.165, 1.54) is 23.3 Å². The highest BCUT2D eigenvalue weighted by molar-refractivity contribution is 5.75. The summed E-state index contributed by atoms with van der Waals surface area (Å²) in [6, 6.07) is 1.23. The fraction of sp³-hybridized carbons (Fsp3) is 0.667. The Hall–Kier alpha value is -1.89. The molecule has 0 saturated carbocycles. The lowest BCUT2D eigenvalue weighted by atomic mass is 9.92. The molecule has 2 unspecified atom stereocenters. The summed E-state index contributed by atoms with van der Waals surface area (Å²) in [5, 5.41) is 2.82. The number of H-pyrrole nitrogens is 1. The standard InChI is InChI=1S/C15H24N4O3/c1-11-7-12(2)9-18(8-11)6-4-16-14(21)10-19-5-3-13(20)17-15(19)22/h3,5,11-12H,4,6-10H2,1-2H3,(H,16,21)(H,17,20,22). The van der Waals surface area contributed by atoms with Crippen molar-refractivity contribution in [2.24, 2.45) is 11.8 Å². The van der Waals surface area contributed by atoms with Crippen LogP contribution >= 0.6 is 0 Å². The van der Waals surface area contributed by atoms with Crippen LogP contribution in [0.1, 0.15) is 20.3 Å². The first-order valence-electron chi connectivity index (χ1n) is 7.73. The molecule has 2 atom stereocenters. The molecule has 122 valence electrons. The van der Waals surface area contributed by atoms with E-state index in [2.05, 4.69) is 29.0 Å². The van der Waals surface area contributed by atoms with E-state index >= 15 is 0 Å². The van der Waals surface area contributed by atoms with Crippen molar-refractivity contribution in [3.63, 3.8) is 0 Å². The van der Waals surface area contributed by atoms with Crippen LogP contribution in [-0.4, -0.2) is 46.5 Å². The van der Waals surface area contributed by atoms with Crippen LogP contribution in [0, 0.1) is 11.8 Å². The van der Waals surface area contributed by atoms with E-state index in [4.69, 9.17) is 0 Å². The second kappa shape index (κ2) is 7.40. The summed E-state index contributed by atoms with van der Waals surface area (Å²) in [5.74, 6) is 1.16. The summed E-state index contributed by atoms with van der Waals surface area (Å²) in [6.45, 7) is 7.95. The SMILES string of the molecule is CC1CC(C)CN(CCNC(=O)Cn2ccc(=O)[nH]c2=O)C1. The van der Waals surface area contributed by atoms with Crippen molar-refractivity contribution in [1.29, 1.82) is 0 Å². The van der Waals surface area contributed by atoms with E-state index in [9.17, 15) is 14.4 Å². The number of carbonyl (C=O) groups excluding carboxylic acids is 1. The highest BCUT2D eigenvalue weighted by Crippen LogP contribution is 2.20. The van der Waals surface area contributed by atoms with E-state index < -0.39 is 11.2 Å². The molecule has 0 spiro atoms. The maximum absolute atomic E-state index is 11.8. The lowest BCUT2D eigenvalue weighted by Crippen LogP contribution is -2.43. The fourth-order valence-corrected chi connectivity index (χ4v) is 3.11. The van der Waals surface area contributed by atoms with Crippen LogP contribution in [0.5, 0.6) is 0 Å². The van der Waals surface area contributed by atoms with Gasteiger partial charge in [0.1, 0.15) is 6.54 Å². The second-order valence-electron chi connectivity index (χ2n) is 6.29. The largest absolute Gasteiger partial charge is 0.353 e. The molecule has 1 saturated heterocycles. The quantitative estimate of drug-likeness (QED) is 0.777. The lowest BCUT2D eigenvalue weighted by molar-refractivity contribution is -0.121. The Morgan fingerprint density at radius 2 is 2.00 bits per heavy atom. The molecule has 1 amide bonds.